The molecule has 1 aromatic carbocycles. The van der Waals surface area contributed by atoms with Crippen molar-refractivity contribution in [1.82, 2.24) is 25.1 Å². The van der Waals surface area contributed by atoms with Crippen molar-refractivity contribution in [2.24, 2.45) is 0 Å². The van der Waals surface area contributed by atoms with E-state index >= 15 is 0 Å². The normalized spacial score (nSPS) is 14.2. The molecule has 2 heterocycles. The minimum atomic E-state index is -0.584. The Balaban J connectivity index is 1.43. The third-order valence-electron chi connectivity index (χ3n) is 4.65. The van der Waals surface area contributed by atoms with E-state index in [0.29, 0.717) is 34.1 Å². The van der Waals surface area contributed by atoms with Crippen molar-refractivity contribution in [3.05, 3.63) is 59.0 Å². The van der Waals surface area contributed by atoms with Crippen LogP contribution in [0.1, 0.15) is 30.0 Å². The highest BCUT2D eigenvalue weighted by Gasteiger charge is 2.22. The number of benzene rings is 1. The number of halogens is 1. The first-order valence-electron chi connectivity index (χ1n) is 9.61. The molecule has 4 N–H and O–H groups in total. The van der Waals surface area contributed by atoms with Gasteiger partial charge < -0.3 is 21.1 Å². The van der Waals surface area contributed by atoms with Crippen LogP contribution in [-0.4, -0.2) is 43.5 Å². The van der Waals surface area contributed by atoms with E-state index in [0.717, 1.165) is 18.4 Å². The second-order valence-electron chi connectivity index (χ2n) is 7.18. The van der Waals surface area contributed by atoms with Crippen LogP contribution in [0, 0.1) is 6.92 Å². The molecular formula is C20H22ClN7O2. The molecule has 0 saturated heterocycles. The fourth-order valence-electron chi connectivity index (χ4n) is 2.93. The highest BCUT2D eigenvalue weighted by atomic mass is 35.5. The topological polar surface area (TPSA) is 117 Å². The number of carbonyl (C=O) groups excluding carboxylic acids is 1. The van der Waals surface area contributed by atoms with Gasteiger partial charge in [0.25, 0.3) is 0 Å². The predicted molar refractivity (Wildman–Crippen MR) is 114 cm³/mol. The van der Waals surface area contributed by atoms with Crippen LogP contribution >= 0.6 is 11.6 Å². The first kappa shape index (κ1) is 20.1. The van der Waals surface area contributed by atoms with Gasteiger partial charge in [-0.3, -0.25) is 0 Å². The summed E-state index contributed by atoms with van der Waals surface area (Å²) in [4.78, 5) is 21.2. The Morgan fingerprint density at radius 2 is 2.20 bits per heavy atom. The molecule has 1 unspecified atom stereocenters. The van der Waals surface area contributed by atoms with E-state index < -0.39 is 12.1 Å². The fourth-order valence-corrected chi connectivity index (χ4v) is 3.13. The quantitative estimate of drug-likeness (QED) is 0.460. The summed E-state index contributed by atoms with van der Waals surface area (Å²) in [5, 5.41) is 23.2. The molecule has 2 amide bonds. The van der Waals surface area contributed by atoms with Crippen molar-refractivity contribution in [1.29, 1.82) is 0 Å². The molecule has 3 aromatic rings. The number of aliphatic hydroxyl groups is 1. The Bertz CT molecular complexity index is 1050. The van der Waals surface area contributed by atoms with Gasteiger partial charge in [0, 0.05) is 22.8 Å². The standard InChI is InChI=1S/C20H22ClN7O2/c1-12-8-22-19(24-15-5-6-15)27-18(12)28-10-16(9-23-28)25-20(30)26-17(11-29)13-3-2-4-14(21)7-13/h2-4,7-10,15,17,29H,5-6,11H2,1H3,(H,22,24,27)(H2,25,26,30). The summed E-state index contributed by atoms with van der Waals surface area (Å²) in [5.74, 6) is 1.20. The Morgan fingerprint density at radius 3 is 2.93 bits per heavy atom. The maximum atomic E-state index is 12.4. The Kier molecular flexibility index (Phi) is 5.82. The van der Waals surface area contributed by atoms with Gasteiger partial charge in [0.1, 0.15) is 0 Å². The molecule has 2 aromatic heterocycles. The van der Waals surface area contributed by atoms with Crippen molar-refractivity contribution in [3.63, 3.8) is 0 Å². The van der Waals surface area contributed by atoms with Gasteiger partial charge in [0.2, 0.25) is 5.95 Å². The summed E-state index contributed by atoms with van der Waals surface area (Å²) in [5.41, 5.74) is 2.06. The van der Waals surface area contributed by atoms with E-state index in [4.69, 9.17) is 11.6 Å². The lowest BCUT2D eigenvalue weighted by atomic mass is 10.1. The van der Waals surface area contributed by atoms with Crippen molar-refractivity contribution >= 4 is 29.3 Å². The number of carbonyl (C=O) groups is 1. The van der Waals surface area contributed by atoms with Crippen LogP contribution in [0.4, 0.5) is 16.4 Å². The molecule has 9 nitrogen and oxygen atoms in total. The first-order valence-corrected chi connectivity index (χ1v) is 9.98. The summed E-state index contributed by atoms with van der Waals surface area (Å²) in [7, 11) is 0. The van der Waals surface area contributed by atoms with Gasteiger partial charge in [0.15, 0.2) is 5.82 Å². The minimum absolute atomic E-state index is 0.260. The van der Waals surface area contributed by atoms with E-state index in [2.05, 4.69) is 31.0 Å². The van der Waals surface area contributed by atoms with Gasteiger partial charge in [-0.1, -0.05) is 23.7 Å². The van der Waals surface area contributed by atoms with Crippen molar-refractivity contribution in [2.45, 2.75) is 31.8 Å². The molecule has 1 aliphatic rings. The molecule has 156 valence electrons. The number of urea groups is 1. The van der Waals surface area contributed by atoms with Crippen molar-refractivity contribution in [3.8, 4) is 5.82 Å². The minimum Gasteiger partial charge on any atom is -0.394 e. The Hall–Kier alpha value is -3.17. The zero-order chi connectivity index (χ0) is 21.1. The molecule has 1 saturated carbocycles. The third kappa shape index (κ3) is 4.87. The molecule has 1 atom stereocenters. The highest BCUT2D eigenvalue weighted by molar-refractivity contribution is 6.30. The zero-order valence-corrected chi connectivity index (χ0v) is 17.1. The lowest BCUT2D eigenvalue weighted by Crippen LogP contribution is -2.34. The molecule has 0 bridgehead atoms. The summed E-state index contributed by atoms with van der Waals surface area (Å²) >= 11 is 5.99. The average Bonchev–Trinajstić information content (AvgIpc) is 3.43. The number of anilines is 2. The molecule has 0 spiro atoms. The highest BCUT2D eigenvalue weighted by Crippen LogP contribution is 2.24. The SMILES string of the molecule is Cc1cnc(NC2CC2)nc1-n1cc(NC(=O)NC(CO)c2cccc(Cl)c2)cn1. The molecule has 10 heteroatoms. The van der Waals surface area contributed by atoms with Gasteiger partial charge >= 0.3 is 6.03 Å². The third-order valence-corrected chi connectivity index (χ3v) is 4.89. The molecule has 0 radical (unpaired) electrons. The van der Waals surface area contributed by atoms with E-state index in [1.54, 1.807) is 41.3 Å². The lowest BCUT2D eigenvalue weighted by molar-refractivity contribution is 0.225. The second-order valence-corrected chi connectivity index (χ2v) is 7.62. The average molecular weight is 428 g/mol. The summed E-state index contributed by atoms with van der Waals surface area (Å²) in [6, 6.07) is 6.37. The monoisotopic (exact) mass is 427 g/mol. The number of aryl methyl sites for hydroxylation is 1. The lowest BCUT2D eigenvalue weighted by Gasteiger charge is -2.17. The molecular weight excluding hydrogens is 406 g/mol. The molecule has 4 rings (SSSR count). The molecule has 1 fully saturated rings. The van der Waals surface area contributed by atoms with Gasteiger partial charge in [-0.2, -0.15) is 10.1 Å². The largest absolute Gasteiger partial charge is 0.394 e. The number of amides is 2. The Labute approximate surface area is 178 Å². The molecule has 0 aliphatic heterocycles. The van der Waals surface area contributed by atoms with Crippen molar-refractivity contribution in [2.75, 3.05) is 17.2 Å². The van der Waals surface area contributed by atoms with Gasteiger partial charge in [0.05, 0.1) is 30.7 Å². The van der Waals surface area contributed by atoms with Crippen LogP contribution in [0.5, 0.6) is 0 Å². The summed E-state index contributed by atoms with van der Waals surface area (Å²) in [6.07, 6.45) is 7.19. The van der Waals surface area contributed by atoms with Crippen LogP contribution in [0.25, 0.3) is 5.82 Å². The van der Waals surface area contributed by atoms with Crippen LogP contribution < -0.4 is 16.0 Å². The van der Waals surface area contributed by atoms with Crippen LogP contribution in [-0.2, 0) is 0 Å². The fraction of sp³-hybridized carbons (Fsp3) is 0.300. The number of hydrogen-bond donors (Lipinski definition) is 4. The van der Waals surface area contributed by atoms with Gasteiger partial charge in [-0.05, 0) is 37.5 Å². The predicted octanol–water partition coefficient (Wildman–Crippen LogP) is 3.05. The number of rotatable bonds is 7. The van der Waals surface area contributed by atoms with Gasteiger partial charge in [-0.15, -0.1) is 0 Å². The number of hydrogen-bond acceptors (Lipinski definition) is 6. The number of nitrogens with zero attached hydrogens (tertiary/aromatic N) is 4. The van der Waals surface area contributed by atoms with E-state index in [1.807, 2.05) is 6.92 Å². The molecule has 30 heavy (non-hydrogen) atoms. The van der Waals surface area contributed by atoms with Gasteiger partial charge in [-0.25, -0.2) is 14.5 Å². The van der Waals surface area contributed by atoms with E-state index in [9.17, 15) is 9.90 Å². The number of aliphatic hydroxyl groups excluding tert-OH is 1. The molecule has 1 aliphatic carbocycles. The van der Waals surface area contributed by atoms with Crippen LogP contribution in [0.15, 0.2) is 42.9 Å². The first-order chi connectivity index (χ1) is 14.5. The van der Waals surface area contributed by atoms with E-state index in [1.165, 1.54) is 6.20 Å². The summed E-state index contributed by atoms with van der Waals surface area (Å²) in [6.45, 7) is 1.64. The zero-order valence-electron chi connectivity index (χ0n) is 16.3. The smallest absolute Gasteiger partial charge is 0.319 e. The summed E-state index contributed by atoms with van der Waals surface area (Å²) < 4.78 is 1.59. The maximum absolute atomic E-state index is 12.4. The number of nitrogens with one attached hydrogen (secondary N) is 3. The second kappa shape index (κ2) is 8.68. The van der Waals surface area contributed by atoms with Crippen LogP contribution in [0.3, 0.4) is 0 Å². The van der Waals surface area contributed by atoms with Crippen LogP contribution in [0.2, 0.25) is 5.02 Å². The van der Waals surface area contributed by atoms with Crippen molar-refractivity contribution < 1.29 is 9.90 Å². The number of aromatic nitrogens is 4. The Morgan fingerprint density at radius 1 is 1.37 bits per heavy atom. The maximum Gasteiger partial charge on any atom is 0.319 e. The van der Waals surface area contributed by atoms with E-state index in [-0.39, 0.29) is 6.61 Å².